The number of halogens is 3. The number of allylic oxidation sites excluding steroid dienone is 10. The fourth-order valence-corrected chi connectivity index (χ4v) is 4.64. The molecule has 0 spiro atoms. The first-order valence-corrected chi connectivity index (χ1v) is 17.1. The Morgan fingerprint density at radius 2 is 1.60 bits per heavy atom. The molecule has 0 bridgehead atoms. The molecule has 1 rings (SSSR count). The van der Waals surface area contributed by atoms with Gasteiger partial charge in [-0.3, -0.25) is 4.99 Å². The molecule has 1 heterocycles. The number of nitriles is 1. The van der Waals surface area contributed by atoms with Crippen molar-refractivity contribution in [3.63, 3.8) is 0 Å². The Balaban J connectivity index is 0. The second-order valence-electron chi connectivity index (χ2n) is 12.7. The molecule has 272 valence electrons. The molecule has 9 heteroatoms. The minimum atomic E-state index is -4.50. The fraction of sp³-hybridized carbons (Fsp3) is 0.615. The van der Waals surface area contributed by atoms with E-state index in [9.17, 15) is 18.0 Å². The zero-order chi connectivity index (χ0) is 37.5. The summed E-state index contributed by atoms with van der Waals surface area (Å²) in [7, 11) is 0. The first-order valence-electron chi connectivity index (χ1n) is 17.1. The molecule has 6 nitrogen and oxygen atoms in total. The Kier molecular flexibility index (Phi) is 23.9. The van der Waals surface area contributed by atoms with Gasteiger partial charge in [-0.05, 0) is 87.1 Å². The standard InChI is InChI=1S/C23H36F3N3O2.C10H15N.C6H12/c1-9-11-12-27-17(4)20(19(10-2)23(24,25)26)18(5)28-13-14-29(16(3)15-28)21(30)31-22(6,7)8;1-3-5-6-8-10(9-11)7-4-2;1-4-5-6(2)3/h10-12,16H,9,13-15H2,1-8H3;5-6,8H,3-4,7H2,1-2H3;2,4-5H2,1,3H3/b12-11+,19-10+,20-18-,27-17+;6-5+,10-8+;. The largest absolute Gasteiger partial charge is 0.444 e. The number of hydrogen-bond donors (Lipinski definition) is 0. The lowest BCUT2D eigenvalue weighted by Gasteiger charge is -2.42. The topological polar surface area (TPSA) is 68.9 Å². The molecule has 1 aliphatic heterocycles. The summed E-state index contributed by atoms with van der Waals surface area (Å²) in [6, 6.07) is 1.96. The van der Waals surface area contributed by atoms with Gasteiger partial charge in [0.15, 0.2) is 0 Å². The Bertz CT molecular complexity index is 1210. The van der Waals surface area contributed by atoms with E-state index < -0.39 is 23.4 Å². The van der Waals surface area contributed by atoms with Crippen LogP contribution in [0.15, 0.2) is 76.1 Å². The zero-order valence-electron chi connectivity index (χ0n) is 31.9. The zero-order valence-corrected chi connectivity index (χ0v) is 31.9. The predicted octanol–water partition coefficient (Wildman–Crippen LogP) is 11.7. The van der Waals surface area contributed by atoms with Gasteiger partial charge in [0.25, 0.3) is 0 Å². The first kappa shape index (κ1) is 46.6. The maximum Gasteiger partial charge on any atom is 0.416 e. The number of amides is 1. The van der Waals surface area contributed by atoms with Gasteiger partial charge >= 0.3 is 12.3 Å². The van der Waals surface area contributed by atoms with Crippen LogP contribution >= 0.6 is 0 Å². The number of ether oxygens (including phenoxy) is 1. The van der Waals surface area contributed by atoms with Crippen molar-refractivity contribution in [3.8, 4) is 6.07 Å². The summed E-state index contributed by atoms with van der Waals surface area (Å²) in [5.41, 5.74) is 1.72. The number of hydrogen-bond acceptors (Lipinski definition) is 5. The molecule has 48 heavy (non-hydrogen) atoms. The molecule has 1 unspecified atom stereocenters. The van der Waals surface area contributed by atoms with Gasteiger partial charge in [-0.25, -0.2) is 4.79 Å². The Morgan fingerprint density at radius 1 is 1.02 bits per heavy atom. The van der Waals surface area contributed by atoms with E-state index in [0.29, 0.717) is 31.0 Å². The highest BCUT2D eigenvalue weighted by atomic mass is 19.4. The summed E-state index contributed by atoms with van der Waals surface area (Å²) in [6.07, 6.45) is 11.5. The summed E-state index contributed by atoms with van der Waals surface area (Å²) < 4.78 is 46.8. The lowest BCUT2D eigenvalue weighted by atomic mass is 9.97. The molecule has 1 amide bonds. The summed E-state index contributed by atoms with van der Waals surface area (Å²) in [5.74, 6) is 0. The van der Waals surface area contributed by atoms with E-state index in [1.807, 2.05) is 37.0 Å². The highest BCUT2D eigenvalue weighted by molar-refractivity contribution is 6.03. The smallest absolute Gasteiger partial charge is 0.416 e. The second-order valence-corrected chi connectivity index (χ2v) is 12.7. The van der Waals surface area contributed by atoms with E-state index in [1.54, 1.807) is 45.6 Å². The lowest BCUT2D eigenvalue weighted by molar-refractivity contribution is -0.0891. The Hall–Kier alpha value is -3.54. The molecule has 1 saturated heterocycles. The van der Waals surface area contributed by atoms with E-state index in [1.165, 1.54) is 31.5 Å². The number of alkyl halides is 3. The third-order valence-electron chi connectivity index (χ3n) is 6.94. The second kappa shape index (κ2) is 24.6. The van der Waals surface area contributed by atoms with Crippen molar-refractivity contribution >= 4 is 11.8 Å². The van der Waals surface area contributed by atoms with Crippen LogP contribution in [0.2, 0.25) is 0 Å². The van der Waals surface area contributed by atoms with E-state index in [2.05, 4.69) is 45.3 Å². The monoisotopic (exact) mass is 676 g/mol. The number of piperazine rings is 1. The molecule has 0 aromatic heterocycles. The van der Waals surface area contributed by atoms with Crippen LogP contribution in [0, 0.1) is 11.3 Å². The van der Waals surface area contributed by atoms with Crippen molar-refractivity contribution in [3.05, 3.63) is 71.1 Å². The molecule has 0 aromatic rings. The van der Waals surface area contributed by atoms with Gasteiger partial charge in [0.2, 0.25) is 0 Å². The van der Waals surface area contributed by atoms with Crippen LogP contribution in [0.25, 0.3) is 0 Å². The minimum absolute atomic E-state index is 0.0775. The summed E-state index contributed by atoms with van der Waals surface area (Å²) >= 11 is 0. The molecule has 1 aliphatic rings. The number of rotatable bonds is 11. The molecule has 0 aromatic carbocycles. The minimum Gasteiger partial charge on any atom is -0.444 e. The van der Waals surface area contributed by atoms with E-state index >= 15 is 0 Å². The summed E-state index contributed by atoms with van der Waals surface area (Å²) in [5, 5.41) is 8.60. The van der Waals surface area contributed by atoms with Gasteiger partial charge in [-0.1, -0.05) is 70.4 Å². The normalized spacial score (nSPS) is 16.9. The number of nitrogens with zero attached hydrogens (tertiary/aromatic N) is 4. The van der Waals surface area contributed by atoms with Crippen molar-refractivity contribution in [2.75, 3.05) is 19.6 Å². The van der Waals surface area contributed by atoms with Crippen molar-refractivity contribution in [2.45, 2.75) is 139 Å². The molecule has 0 N–H and O–H groups in total. The van der Waals surface area contributed by atoms with Crippen molar-refractivity contribution < 1.29 is 22.7 Å². The van der Waals surface area contributed by atoms with Crippen molar-refractivity contribution in [2.24, 2.45) is 4.99 Å². The highest BCUT2D eigenvalue weighted by Crippen LogP contribution is 2.35. The molecule has 1 atom stereocenters. The van der Waals surface area contributed by atoms with Crippen molar-refractivity contribution in [1.29, 1.82) is 5.26 Å². The maximum absolute atomic E-state index is 13.8. The number of carbonyl (C=O) groups is 1. The fourth-order valence-electron chi connectivity index (χ4n) is 4.64. The number of aliphatic imine (C=N–C) groups is 1. The van der Waals surface area contributed by atoms with Gasteiger partial charge < -0.3 is 14.5 Å². The molecule has 1 fully saturated rings. The van der Waals surface area contributed by atoms with Gasteiger partial charge in [-0.2, -0.15) is 18.4 Å². The van der Waals surface area contributed by atoms with Gasteiger partial charge in [0.05, 0.1) is 11.6 Å². The van der Waals surface area contributed by atoms with Crippen molar-refractivity contribution in [1.82, 2.24) is 9.80 Å². The number of carbonyl (C=O) groups excluding carboxylic acids is 1. The molecule has 0 aliphatic carbocycles. The Morgan fingerprint density at radius 3 is 2.00 bits per heavy atom. The van der Waals surface area contributed by atoms with Crippen LogP contribution < -0.4 is 0 Å². The van der Waals surface area contributed by atoms with Crippen LogP contribution in [0.3, 0.4) is 0 Å². The maximum atomic E-state index is 13.8. The molecule has 0 saturated carbocycles. The predicted molar refractivity (Wildman–Crippen MR) is 197 cm³/mol. The first-order chi connectivity index (χ1) is 22.3. The third kappa shape index (κ3) is 20.0. The third-order valence-corrected chi connectivity index (χ3v) is 6.94. The van der Waals surface area contributed by atoms with Gasteiger partial charge in [0.1, 0.15) is 5.60 Å². The Labute approximate surface area is 290 Å². The van der Waals surface area contributed by atoms with Crippen LogP contribution in [0.4, 0.5) is 18.0 Å². The SMILES string of the molecule is C=C(C)CCC.CC/C=C/C=C(/C#N)CCC.C\C=C(C(/C(C)=N/C=C/CC)=C(/C)N1CCN(C(=O)OC(C)(C)C)C(C)C1)\C(F)(F)F. The van der Waals surface area contributed by atoms with Crippen LogP contribution in [0.1, 0.15) is 122 Å². The lowest BCUT2D eigenvalue weighted by Crippen LogP contribution is -2.54. The van der Waals surface area contributed by atoms with Gasteiger partial charge in [-0.15, -0.1) is 6.58 Å². The van der Waals surface area contributed by atoms with Crippen LogP contribution in [0.5, 0.6) is 0 Å². The van der Waals surface area contributed by atoms with E-state index in [-0.39, 0.29) is 11.6 Å². The van der Waals surface area contributed by atoms with Crippen LogP contribution in [-0.2, 0) is 4.74 Å². The molecular formula is C39H63F3N4O2. The summed E-state index contributed by atoms with van der Waals surface area (Å²) in [4.78, 5) is 20.2. The molecular weight excluding hydrogens is 613 g/mol. The van der Waals surface area contributed by atoms with E-state index in [4.69, 9.17) is 10.00 Å². The highest BCUT2D eigenvalue weighted by Gasteiger charge is 2.38. The summed E-state index contributed by atoms with van der Waals surface area (Å²) in [6.45, 7) is 27.2. The average molecular weight is 677 g/mol. The average Bonchev–Trinajstić information content (AvgIpc) is 2.98. The quantitative estimate of drug-likeness (QED) is 0.0945. The van der Waals surface area contributed by atoms with Gasteiger partial charge in [0, 0.05) is 54.4 Å². The van der Waals surface area contributed by atoms with E-state index in [0.717, 1.165) is 37.3 Å². The molecule has 0 radical (unpaired) electrons. The van der Waals surface area contributed by atoms with Crippen LogP contribution in [-0.4, -0.2) is 59.1 Å².